The van der Waals surface area contributed by atoms with Gasteiger partial charge < -0.3 is 16.8 Å². The Hall–Kier alpha value is -2.41. The average Bonchev–Trinajstić information content (AvgIpc) is 3.07. The first kappa shape index (κ1) is 34.5. The fraction of sp³-hybridized carbons (Fsp3) is 0.333. The van der Waals surface area contributed by atoms with Crippen LogP contribution in [0.15, 0.2) is 121 Å². The second-order valence-electron chi connectivity index (χ2n) is 12.1. The van der Waals surface area contributed by atoms with Crippen LogP contribution in [0.5, 0.6) is 0 Å². The lowest BCUT2D eigenvalue weighted by Gasteiger charge is -2.47. The minimum absolute atomic E-state index is 0.454. The van der Waals surface area contributed by atoms with E-state index in [1.165, 1.54) is 0 Å². The summed E-state index contributed by atoms with van der Waals surface area (Å²) in [5.41, 5.74) is -0.454. The van der Waals surface area contributed by atoms with Gasteiger partial charge in [-0.2, -0.15) is 0 Å². The van der Waals surface area contributed by atoms with Gasteiger partial charge in [-0.1, -0.05) is 149 Å². The van der Waals surface area contributed by atoms with E-state index in [1.54, 1.807) is 0 Å². The van der Waals surface area contributed by atoms with Gasteiger partial charge in [0.15, 0.2) is 9.04 Å². The predicted molar refractivity (Wildman–Crippen MR) is 193 cm³/mol. The molecule has 0 atom stereocenters. The van der Waals surface area contributed by atoms with E-state index in [4.69, 9.17) is 16.8 Å². The Balaban J connectivity index is 2.00. The number of rotatable bonds is 15. The summed E-state index contributed by atoms with van der Waals surface area (Å²) in [5, 5.41) is 4.42. The summed E-state index contributed by atoms with van der Waals surface area (Å²) in [6.07, 6.45) is 0. The molecule has 0 saturated heterocycles. The lowest BCUT2D eigenvalue weighted by Crippen LogP contribution is -2.75. The van der Waals surface area contributed by atoms with Crippen molar-refractivity contribution in [3.05, 3.63) is 121 Å². The standard InChI is InChI=1S/C36H49O4Si4/c1-8-41(9-2)38-44(34-28-20-14-21-29-34,35-30-22-15-23-31-35)40-42(10-3,11-4)39-43(37-36(5,6)7,32-24-16-12-17-25-32)33-26-18-13-19-27-33/h12-31H,8-11H2,1-7H3. The van der Waals surface area contributed by atoms with Crippen molar-refractivity contribution in [2.75, 3.05) is 0 Å². The van der Waals surface area contributed by atoms with Crippen molar-refractivity contribution in [2.45, 2.75) is 78.2 Å². The molecule has 4 nitrogen and oxygen atoms in total. The molecule has 4 aromatic rings. The van der Waals surface area contributed by atoms with E-state index in [9.17, 15) is 0 Å². The van der Waals surface area contributed by atoms with Gasteiger partial charge in [-0.05, 0) is 65.7 Å². The Morgan fingerprint density at radius 3 is 1.11 bits per heavy atom. The highest BCUT2D eigenvalue weighted by atomic mass is 28.5. The molecule has 0 spiro atoms. The highest BCUT2D eigenvalue weighted by Gasteiger charge is 2.57. The van der Waals surface area contributed by atoms with Gasteiger partial charge in [0.25, 0.3) is 0 Å². The molecule has 0 saturated carbocycles. The molecule has 1 radical (unpaired) electrons. The summed E-state index contributed by atoms with van der Waals surface area (Å²) >= 11 is 0. The van der Waals surface area contributed by atoms with Crippen LogP contribution in [-0.2, 0) is 16.8 Å². The van der Waals surface area contributed by atoms with Crippen molar-refractivity contribution in [3.8, 4) is 0 Å². The van der Waals surface area contributed by atoms with E-state index in [0.717, 1.165) is 44.9 Å². The molecule has 8 heteroatoms. The molecule has 0 aliphatic rings. The maximum atomic E-state index is 7.86. The average molecular weight is 658 g/mol. The molecular weight excluding hydrogens is 609 g/mol. The number of hydrogen-bond acceptors (Lipinski definition) is 4. The second kappa shape index (κ2) is 15.2. The zero-order valence-electron chi connectivity index (χ0n) is 27.5. The Morgan fingerprint density at radius 2 is 0.818 bits per heavy atom. The van der Waals surface area contributed by atoms with E-state index in [1.807, 2.05) is 0 Å². The second-order valence-corrected chi connectivity index (χ2v) is 25.2. The summed E-state index contributed by atoms with van der Waals surface area (Å²) in [6, 6.07) is 46.0. The normalized spacial score (nSPS) is 12.9. The van der Waals surface area contributed by atoms with Crippen LogP contribution in [0.1, 0.15) is 48.5 Å². The van der Waals surface area contributed by atoms with Crippen LogP contribution in [0.3, 0.4) is 0 Å². The molecule has 0 unspecified atom stereocenters. The first-order valence-corrected chi connectivity index (χ1v) is 23.7. The first-order valence-electron chi connectivity index (χ1n) is 16.0. The molecule has 44 heavy (non-hydrogen) atoms. The van der Waals surface area contributed by atoms with Crippen molar-refractivity contribution >= 4 is 55.5 Å². The summed E-state index contributed by atoms with van der Waals surface area (Å²) < 4.78 is 30.4. The van der Waals surface area contributed by atoms with Gasteiger partial charge in [0.1, 0.15) is 0 Å². The largest absolute Gasteiger partial charge is 0.429 e. The third kappa shape index (κ3) is 7.86. The molecule has 0 fully saturated rings. The lowest BCUT2D eigenvalue weighted by molar-refractivity contribution is 0.0951. The van der Waals surface area contributed by atoms with Gasteiger partial charge in [-0.15, -0.1) is 0 Å². The molecule has 0 aliphatic carbocycles. The quantitative estimate of drug-likeness (QED) is 0.131. The summed E-state index contributed by atoms with van der Waals surface area (Å²) in [5.74, 6) is 0. The molecule has 0 N–H and O–H groups in total. The molecule has 0 aliphatic heterocycles. The van der Waals surface area contributed by atoms with Crippen LogP contribution < -0.4 is 20.7 Å². The fourth-order valence-electron chi connectivity index (χ4n) is 5.59. The van der Waals surface area contributed by atoms with Gasteiger partial charge in [0.2, 0.25) is 0 Å². The van der Waals surface area contributed by atoms with E-state index >= 15 is 0 Å². The molecule has 0 amide bonds. The Morgan fingerprint density at radius 1 is 0.500 bits per heavy atom. The third-order valence-corrected chi connectivity index (χ3v) is 24.5. The highest BCUT2D eigenvalue weighted by molar-refractivity contribution is 7.03. The fourth-order valence-corrected chi connectivity index (χ4v) is 24.2. The number of hydrogen-bond donors (Lipinski definition) is 0. The van der Waals surface area contributed by atoms with Crippen LogP contribution in [0.2, 0.25) is 24.2 Å². The van der Waals surface area contributed by atoms with Crippen LogP contribution in [-0.4, -0.2) is 40.3 Å². The highest BCUT2D eigenvalue weighted by Crippen LogP contribution is 2.31. The van der Waals surface area contributed by atoms with Gasteiger partial charge in [-0.3, -0.25) is 0 Å². The smallest absolute Gasteiger partial charge is 0.398 e. The Labute approximate surface area is 270 Å². The van der Waals surface area contributed by atoms with E-state index in [2.05, 4.69) is 170 Å². The zero-order valence-corrected chi connectivity index (χ0v) is 31.5. The topological polar surface area (TPSA) is 36.9 Å². The maximum absolute atomic E-state index is 7.86. The van der Waals surface area contributed by atoms with Gasteiger partial charge in [-0.25, -0.2) is 0 Å². The first-order chi connectivity index (χ1) is 21.2. The molecule has 233 valence electrons. The van der Waals surface area contributed by atoms with Gasteiger partial charge >= 0.3 is 25.7 Å². The molecule has 4 rings (SSSR count). The van der Waals surface area contributed by atoms with Crippen LogP contribution in [0, 0.1) is 0 Å². The van der Waals surface area contributed by atoms with Gasteiger partial charge in [0, 0.05) is 0 Å². The van der Waals surface area contributed by atoms with Crippen LogP contribution >= 0.6 is 0 Å². The van der Waals surface area contributed by atoms with E-state index in [-0.39, 0.29) is 0 Å². The lowest BCUT2D eigenvalue weighted by atomic mass is 10.2. The molecule has 0 aromatic heterocycles. The summed E-state index contributed by atoms with van der Waals surface area (Å²) in [4.78, 5) is 0. The van der Waals surface area contributed by atoms with Crippen LogP contribution in [0.25, 0.3) is 0 Å². The number of benzene rings is 4. The summed E-state index contributed by atoms with van der Waals surface area (Å²) in [7, 11) is -10.7. The van der Waals surface area contributed by atoms with E-state index in [0.29, 0.717) is 0 Å². The molecule has 4 aromatic carbocycles. The van der Waals surface area contributed by atoms with Crippen molar-refractivity contribution in [2.24, 2.45) is 0 Å². The van der Waals surface area contributed by atoms with Gasteiger partial charge in [0.05, 0.1) is 5.60 Å². The van der Waals surface area contributed by atoms with Crippen molar-refractivity contribution in [1.29, 1.82) is 0 Å². The molecule has 0 bridgehead atoms. The SMILES string of the molecule is CC[Si](CC)O[Si](O[Si](CC)(CC)O[Si](OC(C)(C)C)(c1ccccc1)c1ccccc1)(c1ccccc1)c1ccccc1. The summed E-state index contributed by atoms with van der Waals surface area (Å²) in [6.45, 7) is 15.3. The van der Waals surface area contributed by atoms with E-state index < -0.39 is 40.3 Å². The minimum atomic E-state index is -3.31. The van der Waals surface area contributed by atoms with Crippen molar-refractivity contribution in [3.63, 3.8) is 0 Å². The van der Waals surface area contributed by atoms with Crippen molar-refractivity contribution in [1.82, 2.24) is 0 Å². The Kier molecular flexibility index (Phi) is 11.9. The van der Waals surface area contributed by atoms with Crippen LogP contribution in [0.4, 0.5) is 0 Å². The Bertz CT molecular complexity index is 1310. The molecule has 0 heterocycles. The molecular formula is C36H49O4Si4. The monoisotopic (exact) mass is 657 g/mol. The zero-order chi connectivity index (χ0) is 31.7. The maximum Gasteiger partial charge on any atom is 0.398 e. The van der Waals surface area contributed by atoms with Crippen molar-refractivity contribution < 1.29 is 16.8 Å². The third-order valence-electron chi connectivity index (χ3n) is 7.88. The minimum Gasteiger partial charge on any atom is -0.429 e. The predicted octanol–water partition coefficient (Wildman–Crippen LogP) is 6.88.